The van der Waals surface area contributed by atoms with Gasteiger partial charge in [-0.2, -0.15) is 0 Å². The molecule has 0 amide bonds. The molecular formula is C14H26O4. The minimum absolute atomic E-state index is 0.0773. The fourth-order valence-electron chi connectivity index (χ4n) is 1.40. The number of rotatable bonds is 9. The highest BCUT2D eigenvalue weighted by Gasteiger charge is 2.12. The van der Waals surface area contributed by atoms with E-state index in [9.17, 15) is 9.59 Å². The van der Waals surface area contributed by atoms with Crippen LogP contribution in [-0.2, 0) is 19.1 Å². The summed E-state index contributed by atoms with van der Waals surface area (Å²) in [6.45, 7) is 8.50. The van der Waals surface area contributed by atoms with E-state index in [1.807, 2.05) is 13.8 Å². The summed E-state index contributed by atoms with van der Waals surface area (Å²) in [5, 5.41) is 0. The first-order valence-corrected chi connectivity index (χ1v) is 6.80. The van der Waals surface area contributed by atoms with Crippen molar-refractivity contribution in [1.82, 2.24) is 0 Å². The predicted molar refractivity (Wildman–Crippen MR) is 70.1 cm³/mol. The Kier molecular flexibility index (Phi) is 9.33. The van der Waals surface area contributed by atoms with Crippen molar-refractivity contribution < 1.29 is 19.1 Å². The zero-order valence-electron chi connectivity index (χ0n) is 12.0. The van der Waals surface area contributed by atoms with Gasteiger partial charge in [0.2, 0.25) is 0 Å². The van der Waals surface area contributed by atoms with Gasteiger partial charge in [-0.3, -0.25) is 9.59 Å². The Morgan fingerprint density at radius 2 is 1.61 bits per heavy atom. The average molecular weight is 258 g/mol. The average Bonchev–Trinajstić information content (AvgIpc) is 2.31. The molecule has 0 heterocycles. The first kappa shape index (κ1) is 16.9. The van der Waals surface area contributed by atoms with Crippen LogP contribution in [0, 0.1) is 5.92 Å². The van der Waals surface area contributed by atoms with Crippen LogP contribution in [0.4, 0.5) is 0 Å². The highest BCUT2D eigenvalue weighted by molar-refractivity contribution is 5.77. The molecular weight excluding hydrogens is 232 g/mol. The second-order valence-electron chi connectivity index (χ2n) is 4.99. The van der Waals surface area contributed by atoms with Crippen LogP contribution in [0.3, 0.4) is 0 Å². The molecule has 4 nitrogen and oxygen atoms in total. The van der Waals surface area contributed by atoms with E-state index in [0.717, 1.165) is 19.3 Å². The van der Waals surface area contributed by atoms with Gasteiger partial charge in [0.05, 0.1) is 25.6 Å². The third-order valence-electron chi connectivity index (χ3n) is 2.48. The topological polar surface area (TPSA) is 52.6 Å². The minimum Gasteiger partial charge on any atom is -0.466 e. The highest BCUT2D eigenvalue weighted by Crippen LogP contribution is 2.10. The quantitative estimate of drug-likeness (QED) is 0.596. The zero-order valence-corrected chi connectivity index (χ0v) is 12.0. The van der Waals surface area contributed by atoms with E-state index in [-0.39, 0.29) is 30.9 Å². The van der Waals surface area contributed by atoms with E-state index in [1.165, 1.54) is 0 Å². The standard InChI is InChI=1S/C14H26O4/c1-5-10-17-13(15)8-9-14(16)18-12(4)7-6-11(2)3/h11-12H,5-10H2,1-4H3. The van der Waals surface area contributed by atoms with E-state index in [4.69, 9.17) is 9.47 Å². The van der Waals surface area contributed by atoms with E-state index in [0.29, 0.717) is 12.5 Å². The Morgan fingerprint density at radius 1 is 1.00 bits per heavy atom. The largest absolute Gasteiger partial charge is 0.466 e. The van der Waals surface area contributed by atoms with Crippen LogP contribution < -0.4 is 0 Å². The number of carbonyl (C=O) groups is 2. The molecule has 18 heavy (non-hydrogen) atoms. The van der Waals surface area contributed by atoms with Gasteiger partial charge < -0.3 is 9.47 Å². The molecule has 0 saturated heterocycles. The molecule has 0 aliphatic rings. The van der Waals surface area contributed by atoms with Gasteiger partial charge in [0.15, 0.2) is 0 Å². The summed E-state index contributed by atoms with van der Waals surface area (Å²) < 4.78 is 10.1. The molecule has 0 aromatic carbocycles. The summed E-state index contributed by atoms with van der Waals surface area (Å²) in [6, 6.07) is 0. The van der Waals surface area contributed by atoms with Gasteiger partial charge in [0.1, 0.15) is 0 Å². The maximum atomic E-state index is 11.4. The number of ether oxygens (including phenoxy) is 2. The van der Waals surface area contributed by atoms with Gasteiger partial charge >= 0.3 is 11.9 Å². The molecule has 0 aromatic heterocycles. The molecule has 0 fully saturated rings. The van der Waals surface area contributed by atoms with Crippen molar-refractivity contribution in [2.75, 3.05) is 6.61 Å². The number of carbonyl (C=O) groups excluding carboxylic acids is 2. The smallest absolute Gasteiger partial charge is 0.306 e. The number of hydrogen-bond acceptors (Lipinski definition) is 4. The molecule has 0 radical (unpaired) electrons. The van der Waals surface area contributed by atoms with Crippen molar-refractivity contribution in [3.63, 3.8) is 0 Å². The lowest BCUT2D eigenvalue weighted by Crippen LogP contribution is -2.17. The van der Waals surface area contributed by atoms with Crippen molar-refractivity contribution in [2.45, 2.75) is 65.9 Å². The van der Waals surface area contributed by atoms with Gasteiger partial charge in [0.25, 0.3) is 0 Å². The van der Waals surface area contributed by atoms with E-state index in [2.05, 4.69) is 13.8 Å². The second-order valence-corrected chi connectivity index (χ2v) is 4.99. The fourth-order valence-corrected chi connectivity index (χ4v) is 1.40. The maximum Gasteiger partial charge on any atom is 0.306 e. The van der Waals surface area contributed by atoms with Crippen molar-refractivity contribution in [1.29, 1.82) is 0 Å². The van der Waals surface area contributed by atoms with Crippen LogP contribution in [0.1, 0.15) is 59.8 Å². The van der Waals surface area contributed by atoms with Crippen molar-refractivity contribution >= 4 is 11.9 Å². The SMILES string of the molecule is CCCOC(=O)CCC(=O)OC(C)CCC(C)C. The van der Waals surface area contributed by atoms with Gasteiger partial charge in [-0.1, -0.05) is 20.8 Å². The third-order valence-corrected chi connectivity index (χ3v) is 2.48. The third kappa shape index (κ3) is 10.1. The summed E-state index contributed by atoms with van der Waals surface area (Å²) in [6.07, 6.45) is 2.83. The van der Waals surface area contributed by atoms with Gasteiger partial charge in [-0.05, 0) is 32.1 Å². The van der Waals surface area contributed by atoms with E-state index in [1.54, 1.807) is 0 Å². The molecule has 0 aliphatic carbocycles. The molecule has 4 heteroatoms. The van der Waals surface area contributed by atoms with E-state index >= 15 is 0 Å². The predicted octanol–water partition coefficient (Wildman–Crippen LogP) is 3.09. The van der Waals surface area contributed by atoms with Crippen molar-refractivity contribution in [3.05, 3.63) is 0 Å². The molecule has 0 spiro atoms. The number of esters is 2. The van der Waals surface area contributed by atoms with Crippen molar-refractivity contribution in [3.8, 4) is 0 Å². The summed E-state index contributed by atoms with van der Waals surface area (Å²) in [4.78, 5) is 22.6. The summed E-state index contributed by atoms with van der Waals surface area (Å²) in [5.41, 5.74) is 0. The molecule has 0 aliphatic heterocycles. The molecule has 0 saturated carbocycles. The highest BCUT2D eigenvalue weighted by atomic mass is 16.5. The second kappa shape index (κ2) is 9.92. The van der Waals surface area contributed by atoms with Crippen LogP contribution in [-0.4, -0.2) is 24.6 Å². The Morgan fingerprint density at radius 3 is 2.17 bits per heavy atom. The van der Waals surface area contributed by atoms with Gasteiger partial charge in [0, 0.05) is 0 Å². The summed E-state index contributed by atoms with van der Waals surface area (Å²) in [7, 11) is 0. The van der Waals surface area contributed by atoms with Crippen LogP contribution >= 0.6 is 0 Å². The fraction of sp³-hybridized carbons (Fsp3) is 0.857. The zero-order chi connectivity index (χ0) is 14.0. The Labute approximate surface area is 110 Å². The van der Waals surface area contributed by atoms with Gasteiger partial charge in [-0.25, -0.2) is 0 Å². The Hall–Kier alpha value is -1.06. The lowest BCUT2D eigenvalue weighted by Gasteiger charge is -2.14. The monoisotopic (exact) mass is 258 g/mol. The maximum absolute atomic E-state index is 11.4. The lowest BCUT2D eigenvalue weighted by atomic mass is 10.1. The van der Waals surface area contributed by atoms with Crippen molar-refractivity contribution in [2.24, 2.45) is 5.92 Å². The molecule has 0 rings (SSSR count). The minimum atomic E-state index is -0.330. The van der Waals surface area contributed by atoms with E-state index < -0.39 is 0 Å². The summed E-state index contributed by atoms with van der Waals surface area (Å²) >= 11 is 0. The normalized spacial score (nSPS) is 12.3. The molecule has 0 aromatic rings. The molecule has 0 N–H and O–H groups in total. The molecule has 106 valence electrons. The van der Waals surface area contributed by atoms with Crippen LogP contribution in [0.2, 0.25) is 0 Å². The summed E-state index contributed by atoms with van der Waals surface area (Å²) in [5.74, 6) is -0.0430. The molecule has 1 atom stereocenters. The first-order chi connectivity index (χ1) is 8.45. The lowest BCUT2D eigenvalue weighted by molar-refractivity contribution is -0.153. The Bertz CT molecular complexity index is 248. The van der Waals surface area contributed by atoms with Crippen LogP contribution in [0.15, 0.2) is 0 Å². The molecule has 1 unspecified atom stereocenters. The van der Waals surface area contributed by atoms with Crippen LogP contribution in [0.5, 0.6) is 0 Å². The first-order valence-electron chi connectivity index (χ1n) is 6.80. The molecule has 0 bridgehead atoms. The van der Waals surface area contributed by atoms with Crippen LogP contribution in [0.25, 0.3) is 0 Å². The Balaban J connectivity index is 3.66. The number of hydrogen-bond donors (Lipinski definition) is 0. The van der Waals surface area contributed by atoms with Gasteiger partial charge in [-0.15, -0.1) is 0 Å².